The van der Waals surface area contributed by atoms with Crippen LogP contribution in [0.5, 0.6) is 5.88 Å². The molecule has 3 aromatic rings. The minimum absolute atomic E-state index is 0.0892. The van der Waals surface area contributed by atoms with Crippen LogP contribution in [0.2, 0.25) is 0 Å². The number of aryl methyl sites for hydroxylation is 1. The Morgan fingerprint density at radius 1 is 1.10 bits per heavy atom. The Labute approximate surface area is 172 Å². The maximum absolute atomic E-state index is 12.6. The van der Waals surface area contributed by atoms with Crippen molar-refractivity contribution in [3.8, 4) is 11.6 Å². The summed E-state index contributed by atoms with van der Waals surface area (Å²) in [4.78, 5) is 14.7. The summed E-state index contributed by atoms with van der Waals surface area (Å²) in [6.07, 6.45) is 1.25. The molecule has 29 heavy (non-hydrogen) atoms. The molecule has 0 saturated heterocycles. The standard InChI is InChI=1S/C23H28N4O2/c1-17-16-27(20-13-9-6-10-14-20)25-23(17)29-18(2)22(28)24-15-21(26(3)4)19-11-7-5-8-12-19/h5-14,16,18,21H,15H2,1-4H3,(H,24,28)/t18-,21+/m1/s1. The normalized spacial score (nSPS) is 13.1. The monoisotopic (exact) mass is 392 g/mol. The minimum atomic E-state index is -0.647. The molecule has 2 aromatic carbocycles. The maximum Gasteiger partial charge on any atom is 0.260 e. The number of amides is 1. The summed E-state index contributed by atoms with van der Waals surface area (Å²) in [6.45, 7) is 4.16. The number of rotatable bonds is 8. The van der Waals surface area contributed by atoms with Crippen LogP contribution in [-0.2, 0) is 4.79 Å². The van der Waals surface area contributed by atoms with Gasteiger partial charge in [-0.05, 0) is 45.6 Å². The van der Waals surface area contributed by atoms with Crippen molar-refractivity contribution < 1.29 is 9.53 Å². The number of carbonyl (C=O) groups is 1. The highest BCUT2D eigenvalue weighted by Crippen LogP contribution is 2.20. The fourth-order valence-electron chi connectivity index (χ4n) is 3.11. The summed E-state index contributed by atoms with van der Waals surface area (Å²) < 4.78 is 7.61. The Morgan fingerprint density at radius 3 is 2.34 bits per heavy atom. The van der Waals surface area contributed by atoms with Crippen molar-refractivity contribution in [3.05, 3.63) is 78.0 Å². The van der Waals surface area contributed by atoms with Crippen LogP contribution in [-0.4, -0.2) is 47.3 Å². The van der Waals surface area contributed by atoms with Gasteiger partial charge in [0.15, 0.2) is 6.10 Å². The molecule has 1 aromatic heterocycles. The van der Waals surface area contributed by atoms with Gasteiger partial charge in [0.1, 0.15) is 0 Å². The maximum atomic E-state index is 12.6. The van der Waals surface area contributed by atoms with E-state index < -0.39 is 6.10 Å². The Kier molecular flexibility index (Phi) is 6.67. The fourth-order valence-corrected chi connectivity index (χ4v) is 3.11. The molecule has 1 amide bonds. The van der Waals surface area contributed by atoms with Crippen molar-refractivity contribution in [2.24, 2.45) is 0 Å². The lowest BCUT2D eigenvalue weighted by Crippen LogP contribution is -2.41. The lowest BCUT2D eigenvalue weighted by atomic mass is 10.1. The number of nitrogens with one attached hydrogen (secondary N) is 1. The Morgan fingerprint density at radius 2 is 1.72 bits per heavy atom. The zero-order valence-electron chi connectivity index (χ0n) is 17.4. The van der Waals surface area contributed by atoms with Gasteiger partial charge in [0.05, 0.1) is 11.7 Å². The van der Waals surface area contributed by atoms with Crippen molar-refractivity contribution >= 4 is 5.91 Å². The third kappa shape index (κ3) is 5.23. The fraction of sp³-hybridized carbons (Fsp3) is 0.304. The van der Waals surface area contributed by atoms with Crippen LogP contribution in [0.15, 0.2) is 66.9 Å². The van der Waals surface area contributed by atoms with Crippen molar-refractivity contribution in [1.29, 1.82) is 0 Å². The topological polar surface area (TPSA) is 59.4 Å². The largest absolute Gasteiger partial charge is 0.463 e. The van der Waals surface area contributed by atoms with Crippen LogP contribution < -0.4 is 10.1 Å². The average Bonchev–Trinajstić information content (AvgIpc) is 3.09. The molecule has 1 heterocycles. The van der Waals surface area contributed by atoms with Gasteiger partial charge in [-0.15, -0.1) is 5.10 Å². The molecule has 1 N–H and O–H groups in total. The summed E-state index contributed by atoms with van der Waals surface area (Å²) in [5.41, 5.74) is 2.98. The molecule has 0 fully saturated rings. The van der Waals surface area contributed by atoms with E-state index in [9.17, 15) is 4.79 Å². The van der Waals surface area contributed by atoms with Gasteiger partial charge in [-0.25, -0.2) is 4.68 Å². The van der Waals surface area contributed by atoms with Crippen molar-refractivity contribution in [3.63, 3.8) is 0 Å². The lowest BCUT2D eigenvalue weighted by Gasteiger charge is -2.25. The molecular formula is C23H28N4O2. The van der Waals surface area contributed by atoms with E-state index in [0.717, 1.165) is 16.8 Å². The van der Waals surface area contributed by atoms with Gasteiger partial charge in [-0.2, -0.15) is 0 Å². The number of hydrogen-bond donors (Lipinski definition) is 1. The summed E-state index contributed by atoms with van der Waals surface area (Å²) in [7, 11) is 4.01. The highest BCUT2D eigenvalue weighted by atomic mass is 16.5. The molecule has 152 valence electrons. The summed E-state index contributed by atoms with van der Waals surface area (Å²) in [5, 5.41) is 7.48. The van der Waals surface area contributed by atoms with E-state index in [4.69, 9.17) is 4.74 Å². The predicted octanol–water partition coefficient (Wildman–Crippen LogP) is 3.37. The zero-order chi connectivity index (χ0) is 20.8. The second-order valence-corrected chi connectivity index (χ2v) is 7.29. The van der Waals surface area contributed by atoms with Gasteiger partial charge in [-0.1, -0.05) is 48.5 Å². The van der Waals surface area contributed by atoms with Crippen molar-refractivity contribution in [2.45, 2.75) is 26.0 Å². The summed E-state index contributed by atoms with van der Waals surface area (Å²) in [5.74, 6) is 0.296. The Hall–Kier alpha value is -3.12. The van der Waals surface area contributed by atoms with E-state index in [1.54, 1.807) is 11.6 Å². The van der Waals surface area contributed by atoms with Crippen LogP contribution in [0.4, 0.5) is 0 Å². The number of aromatic nitrogens is 2. The first-order chi connectivity index (χ1) is 14.0. The molecule has 2 atom stereocenters. The van der Waals surface area contributed by atoms with E-state index in [2.05, 4.69) is 27.4 Å². The van der Waals surface area contributed by atoms with Gasteiger partial charge >= 0.3 is 0 Å². The number of para-hydroxylation sites is 1. The van der Waals surface area contributed by atoms with Gasteiger partial charge in [-0.3, -0.25) is 4.79 Å². The number of likely N-dealkylation sites (N-methyl/N-ethyl adjacent to an activating group) is 1. The predicted molar refractivity (Wildman–Crippen MR) is 114 cm³/mol. The van der Waals surface area contributed by atoms with Crippen LogP contribution in [0.1, 0.15) is 24.1 Å². The van der Waals surface area contributed by atoms with Crippen molar-refractivity contribution in [2.75, 3.05) is 20.6 Å². The van der Waals surface area contributed by atoms with Crippen LogP contribution >= 0.6 is 0 Å². The molecule has 0 aliphatic rings. The molecular weight excluding hydrogens is 364 g/mol. The summed E-state index contributed by atoms with van der Waals surface area (Å²) in [6, 6.07) is 20.0. The Balaban J connectivity index is 1.61. The minimum Gasteiger partial charge on any atom is -0.463 e. The molecule has 0 radical (unpaired) electrons. The molecule has 0 aliphatic carbocycles. The smallest absolute Gasteiger partial charge is 0.260 e. The third-order valence-corrected chi connectivity index (χ3v) is 4.81. The first-order valence-corrected chi connectivity index (χ1v) is 9.73. The molecule has 6 heteroatoms. The highest BCUT2D eigenvalue weighted by Gasteiger charge is 2.20. The molecule has 0 unspecified atom stereocenters. The summed E-state index contributed by atoms with van der Waals surface area (Å²) >= 11 is 0. The average molecular weight is 393 g/mol. The van der Waals surface area contributed by atoms with Crippen LogP contribution in [0.25, 0.3) is 5.69 Å². The first kappa shape index (κ1) is 20.6. The SMILES string of the molecule is Cc1cn(-c2ccccc2)nc1O[C@H](C)C(=O)NC[C@@H](c1ccccc1)N(C)C. The number of carbonyl (C=O) groups excluding carboxylic acids is 1. The molecule has 0 saturated carbocycles. The van der Waals surface area contributed by atoms with E-state index in [1.165, 1.54) is 0 Å². The molecule has 0 bridgehead atoms. The lowest BCUT2D eigenvalue weighted by molar-refractivity contribution is -0.127. The Bertz CT molecular complexity index is 923. The quantitative estimate of drug-likeness (QED) is 0.639. The van der Waals surface area contributed by atoms with E-state index in [-0.39, 0.29) is 11.9 Å². The number of benzene rings is 2. The van der Waals surface area contributed by atoms with Crippen LogP contribution in [0.3, 0.4) is 0 Å². The second kappa shape index (κ2) is 9.39. The third-order valence-electron chi connectivity index (χ3n) is 4.81. The van der Waals surface area contributed by atoms with Gasteiger partial charge < -0.3 is 15.0 Å². The molecule has 0 spiro atoms. The van der Waals surface area contributed by atoms with Crippen LogP contribution in [0, 0.1) is 6.92 Å². The van der Waals surface area contributed by atoms with Crippen molar-refractivity contribution in [1.82, 2.24) is 20.0 Å². The highest BCUT2D eigenvalue weighted by molar-refractivity contribution is 5.80. The van der Waals surface area contributed by atoms with Gasteiger partial charge in [0, 0.05) is 18.3 Å². The molecule has 0 aliphatic heterocycles. The van der Waals surface area contributed by atoms with Gasteiger partial charge in [0.2, 0.25) is 5.88 Å². The number of hydrogen-bond acceptors (Lipinski definition) is 4. The van der Waals surface area contributed by atoms with E-state index in [0.29, 0.717) is 12.4 Å². The van der Waals surface area contributed by atoms with Gasteiger partial charge in [0.25, 0.3) is 5.91 Å². The second-order valence-electron chi connectivity index (χ2n) is 7.29. The number of nitrogens with zero attached hydrogens (tertiary/aromatic N) is 3. The molecule has 6 nitrogen and oxygen atoms in total. The van der Waals surface area contributed by atoms with E-state index >= 15 is 0 Å². The zero-order valence-corrected chi connectivity index (χ0v) is 17.4. The first-order valence-electron chi connectivity index (χ1n) is 9.73. The molecule has 3 rings (SSSR count). The van der Waals surface area contributed by atoms with E-state index in [1.807, 2.05) is 75.7 Å². The number of ether oxygens (including phenoxy) is 1.